The van der Waals surface area contributed by atoms with E-state index in [-0.39, 0.29) is 5.56 Å². The molecule has 76 valence electrons. The van der Waals surface area contributed by atoms with E-state index in [2.05, 4.69) is 0 Å². The predicted molar refractivity (Wildman–Crippen MR) is 49.7 cm³/mol. The van der Waals surface area contributed by atoms with Crippen LogP contribution >= 0.6 is 0 Å². The second-order valence-electron chi connectivity index (χ2n) is 3.69. The Bertz CT molecular complexity index is 472. The summed E-state index contributed by atoms with van der Waals surface area (Å²) in [5, 5.41) is 17.5. The van der Waals surface area contributed by atoms with Crippen LogP contribution in [0.4, 0.5) is 4.39 Å². The summed E-state index contributed by atoms with van der Waals surface area (Å²) < 4.78 is 13.3. The van der Waals surface area contributed by atoms with Gasteiger partial charge in [0.2, 0.25) is 0 Å². The first-order chi connectivity index (χ1) is 7.10. The van der Waals surface area contributed by atoms with E-state index in [0.717, 1.165) is 6.07 Å². The van der Waals surface area contributed by atoms with Gasteiger partial charge < -0.3 is 5.11 Å². The third kappa shape index (κ3) is 1.37. The van der Waals surface area contributed by atoms with Gasteiger partial charge >= 0.3 is 5.97 Å². The number of nitriles is 1. The fourth-order valence-corrected chi connectivity index (χ4v) is 1.65. The molecule has 0 unspecified atom stereocenters. The molecule has 1 aliphatic carbocycles. The topological polar surface area (TPSA) is 61.1 Å². The molecule has 0 aliphatic heterocycles. The Balaban J connectivity index is 2.44. The third-order valence-electron chi connectivity index (χ3n) is 2.80. The van der Waals surface area contributed by atoms with Crippen LogP contribution in [-0.4, -0.2) is 11.1 Å². The zero-order valence-corrected chi connectivity index (χ0v) is 7.83. The number of rotatable bonds is 2. The zero-order valence-electron chi connectivity index (χ0n) is 7.83. The van der Waals surface area contributed by atoms with Gasteiger partial charge in [-0.25, -0.2) is 4.39 Å². The number of nitrogens with zero attached hydrogens (tertiary/aromatic N) is 1. The summed E-state index contributed by atoms with van der Waals surface area (Å²) >= 11 is 0. The first-order valence-corrected chi connectivity index (χ1v) is 4.54. The first-order valence-electron chi connectivity index (χ1n) is 4.54. The summed E-state index contributed by atoms with van der Waals surface area (Å²) in [5.41, 5.74) is -0.513. The van der Waals surface area contributed by atoms with Gasteiger partial charge in [-0.15, -0.1) is 0 Å². The van der Waals surface area contributed by atoms with Crippen molar-refractivity contribution in [3.63, 3.8) is 0 Å². The summed E-state index contributed by atoms with van der Waals surface area (Å²) in [7, 11) is 0. The highest BCUT2D eigenvalue weighted by Gasteiger charge is 2.51. The van der Waals surface area contributed by atoms with Crippen molar-refractivity contribution < 1.29 is 14.3 Å². The lowest BCUT2D eigenvalue weighted by atomic mass is 9.95. The van der Waals surface area contributed by atoms with Gasteiger partial charge in [0.1, 0.15) is 11.9 Å². The first kappa shape index (κ1) is 9.66. The molecule has 0 aromatic heterocycles. The average Bonchev–Trinajstić information content (AvgIpc) is 2.98. The van der Waals surface area contributed by atoms with Crippen LogP contribution in [0, 0.1) is 17.1 Å². The van der Waals surface area contributed by atoms with Gasteiger partial charge in [0.15, 0.2) is 0 Å². The van der Waals surface area contributed by atoms with Crippen LogP contribution in [0.3, 0.4) is 0 Å². The van der Waals surface area contributed by atoms with Crippen LogP contribution in [0.2, 0.25) is 0 Å². The molecule has 1 aromatic carbocycles. The lowest BCUT2D eigenvalue weighted by molar-refractivity contribution is -0.140. The maximum absolute atomic E-state index is 13.3. The Hall–Kier alpha value is -1.89. The molecule has 4 heteroatoms. The van der Waals surface area contributed by atoms with Crippen molar-refractivity contribution >= 4 is 5.97 Å². The van der Waals surface area contributed by atoms with Gasteiger partial charge in [-0.2, -0.15) is 5.26 Å². The van der Waals surface area contributed by atoms with Gasteiger partial charge in [-0.05, 0) is 30.5 Å². The van der Waals surface area contributed by atoms with E-state index in [4.69, 9.17) is 10.4 Å². The standard InChI is InChI=1S/C11H8FNO2/c12-9-5-8(2-1-7(9)6-13)11(3-4-11)10(14)15/h1-2,5H,3-4H2,(H,14,15). The SMILES string of the molecule is N#Cc1ccc(C2(C(=O)O)CC2)cc1F. The van der Waals surface area contributed by atoms with Crippen molar-refractivity contribution in [2.24, 2.45) is 0 Å². The molecule has 2 rings (SSSR count). The summed E-state index contributed by atoms with van der Waals surface area (Å²) in [6, 6.07) is 5.70. The number of carbonyl (C=O) groups is 1. The Kier molecular flexibility index (Phi) is 1.97. The summed E-state index contributed by atoms with van der Waals surface area (Å²) in [4.78, 5) is 11.0. The molecule has 0 saturated heterocycles. The van der Waals surface area contributed by atoms with E-state index >= 15 is 0 Å². The normalized spacial score (nSPS) is 16.8. The molecule has 0 amide bonds. The number of carboxylic acids is 1. The molecule has 1 saturated carbocycles. The maximum atomic E-state index is 13.3. The smallest absolute Gasteiger partial charge is 0.314 e. The zero-order chi connectivity index (χ0) is 11.1. The molecule has 1 fully saturated rings. The second-order valence-corrected chi connectivity index (χ2v) is 3.69. The van der Waals surface area contributed by atoms with Crippen molar-refractivity contribution in [3.8, 4) is 6.07 Å². The fourth-order valence-electron chi connectivity index (χ4n) is 1.65. The molecule has 1 N–H and O–H groups in total. The highest BCUT2D eigenvalue weighted by atomic mass is 19.1. The average molecular weight is 205 g/mol. The number of hydrogen-bond acceptors (Lipinski definition) is 2. The van der Waals surface area contributed by atoms with Crippen LogP contribution in [-0.2, 0) is 10.2 Å². The Labute approximate surface area is 85.8 Å². The van der Waals surface area contributed by atoms with E-state index in [1.807, 2.05) is 0 Å². The highest BCUT2D eigenvalue weighted by Crippen LogP contribution is 2.48. The van der Waals surface area contributed by atoms with Crippen LogP contribution in [0.25, 0.3) is 0 Å². The molecule has 0 spiro atoms. The lowest BCUT2D eigenvalue weighted by Crippen LogP contribution is -2.19. The van der Waals surface area contributed by atoms with Crippen LogP contribution in [0.15, 0.2) is 18.2 Å². The molecule has 0 bridgehead atoms. The number of hydrogen-bond donors (Lipinski definition) is 1. The van der Waals surface area contributed by atoms with Crippen molar-refractivity contribution in [1.82, 2.24) is 0 Å². The van der Waals surface area contributed by atoms with Crippen LogP contribution in [0.1, 0.15) is 24.0 Å². The molecule has 0 atom stereocenters. The highest BCUT2D eigenvalue weighted by molar-refractivity contribution is 5.84. The van der Waals surface area contributed by atoms with Gasteiger partial charge in [-0.3, -0.25) is 4.79 Å². The summed E-state index contributed by atoms with van der Waals surface area (Å²) in [6.45, 7) is 0. The number of halogens is 1. The van der Waals surface area contributed by atoms with E-state index < -0.39 is 17.2 Å². The van der Waals surface area contributed by atoms with Crippen LogP contribution < -0.4 is 0 Å². The largest absolute Gasteiger partial charge is 0.481 e. The Morgan fingerprint density at radius 3 is 2.60 bits per heavy atom. The fraction of sp³-hybridized carbons (Fsp3) is 0.273. The molecule has 1 aromatic rings. The summed E-state index contributed by atoms with van der Waals surface area (Å²) in [5.74, 6) is -1.57. The van der Waals surface area contributed by atoms with Gasteiger partial charge in [-0.1, -0.05) is 6.07 Å². The number of aliphatic carboxylic acids is 1. The molecular weight excluding hydrogens is 197 g/mol. The molecule has 0 radical (unpaired) electrons. The number of benzene rings is 1. The van der Waals surface area contributed by atoms with E-state index in [0.29, 0.717) is 18.4 Å². The minimum atomic E-state index is -0.924. The van der Waals surface area contributed by atoms with Crippen molar-refractivity contribution in [1.29, 1.82) is 5.26 Å². The van der Waals surface area contributed by atoms with E-state index in [9.17, 15) is 9.18 Å². The van der Waals surface area contributed by atoms with E-state index in [1.54, 1.807) is 6.07 Å². The minimum absolute atomic E-state index is 0.0556. The third-order valence-corrected chi connectivity index (χ3v) is 2.80. The van der Waals surface area contributed by atoms with Crippen LogP contribution in [0.5, 0.6) is 0 Å². The quantitative estimate of drug-likeness (QED) is 0.800. The minimum Gasteiger partial charge on any atom is -0.481 e. The van der Waals surface area contributed by atoms with Gasteiger partial charge in [0, 0.05) is 0 Å². The number of carboxylic acid groups (broad SMARTS) is 1. The van der Waals surface area contributed by atoms with Gasteiger partial charge in [0.25, 0.3) is 0 Å². The van der Waals surface area contributed by atoms with Gasteiger partial charge in [0.05, 0.1) is 11.0 Å². The molecule has 15 heavy (non-hydrogen) atoms. The Morgan fingerprint density at radius 2 is 2.20 bits per heavy atom. The Morgan fingerprint density at radius 1 is 1.53 bits per heavy atom. The molecule has 3 nitrogen and oxygen atoms in total. The molecule has 1 aliphatic rings. The van der Waals surface area contributed by atoms with Crippen molar-refractivity contribution in [2.45, 2.75) is 18.3 Å². The van der Waals surface area contributed by atoms with Crippen molar-refractivity contribution in [3.05, 3.63) is 35.1 Å². The second kappa shape index (κ2) is 3.06. The predicted octanol–water partition coefficient (Wildman–Crippen LogP) is 1.81. The van der Waals surface area contributed by atoms with E-state index in [1.165, 1.54) is 12.1 Å². The maximum Gasteiger partial charge on any atom is 0.314 e. The van der Waals surface area contributed by atoms with Crippen molar-refractivity contribution in [2.75, 3.05) is 0 Å². The molecule has 0 heterocycles. The lowest BCUT2D eigenvalue weighted by Gasteiger charge is -2.09. The molecular formula is C11H8FNO2. The summed E-state index contributed by atoms with van der Waals surface area (Å²) in [6.07, 6.45) is 1.07. The monoisotopic (exact) mass is 205 g/mol.